The Morgan fingerprint density at radius 1 is 1.05 bits per heavy atom. The molecule has 0 saturated heterocycles. The first-order valence-electron chi connectivity index (χ1n) is 5.75. The van der Waals surface area contributed by atoms with Crippen molar-refractivity contribution < 1.29 is 30.9 Å². The molecule has 22 heavy (non-hydrogen) atoms. The lowest BCUT2D eigenvalue weighted by molar-refractivity contribution is -0.0499. The summed E-state index contributed by atoms with van der Waals surface area (Å²) in [6.45, 7) is 0. The predicted molar refractivity (Wildman–Crippen MR) is 80.7 cm³/mol. The van der Waals surface area contributed by atoms with Gasteiger partial charge >= 0.3 is 15.6 Å². The molecule has 0 aliphatic rings. The molecule has 1 N–H and O–H groups in total. The molecule has 0 aliphatic heterocycles. The lowest BCUT2D eigenvalue weighted by atomic mass is 10.1. The van der Waals surface area contributed by atoms with Gasteiger partial charge in [-0.2, -0.15) is 33.4 Å². The van der Waals surface area contributed by atoms with Crippen molar-refractivity contribution in [2.75, 3.05) is 12.5 Å². The highest BCUT2D eigenvalue weighted by Gasteiger charge is 2.48. The van der Waals surface area contributed by atoms with Gasteiger partial charge in [0, 0.05) is 10.8 Å². The smallest absolute Gasteiger partial charge is 0.507 e. The van der Waals surface area contributed by atoms with Crippen LogP contribution in [0.25, 0.3) is 10.8 Å². The zero-order chi connectivity index (χ0) is 17.0. The number of thioether (sulfide) groups is 1. The second-order valence-electron chi connectivity index (χ2n) is 4.02. The number of phenolic OH excluding ortho intramolecular Hbond substituents is 1. The summed E-state index contributed by atoms with van der Waals surface area (Å²) in [4.78, 5) is 0. The van der Waals surface area contributed by atoms with E-state index in [4.69, 9.17) is 0 Å². The molecule has 2 rings (SSSR count). The van der Waals surface area contributed by atoms with Crippen LogP contribution in [0, 0.1) is 0 Å². The molecule has 0 radical (unpaired) electrons. The Labute approximate surface area is 130 Å². The van der Waals surface area contributed by atoms with E-state index >= 15 is 0 Å². The summed E-state index contributed by atoms with van der Waals surface area (Å²) >= 11 is 1.75. The number of halogens is 3. The fourth-order valence-electron chi connectivity index (χ4n) is 1.49. The summed E-state index contributed by atoms with van der Waals surface area (Å²) < 4.78 is 62.7. The Morgan fingerprint density at radius 2 is 1.55 bits per heavy atom. The Bertz CT molecular complexity index is 743. The number of rotatable bonds is 2. The fraction of sp³-hybridized carbons (Fsp3) is 0.231. The summed E-state index contributed by atoms with van der Waals surface area (Å²) in [7, 11) is -5.74. The molecule has 0 aromatic heterocycles. The number of benzene rings is 2. The zero-order valence-corrected chi connectivity index (χ0v) is 13.2. The van der Waals surface area contributed by atoms with Gasteiger partial charge in [0.2, 0.25) is 0 Å². The first kappa shape index (κ1) is 18.4. The van der Waals surface area contributed by atoms with Gasteiger partial charge in [-0.05, 0) is 24.6 Å². The maximum Gasteiger partial charge on any atom is 0.534 e. The highest BCUT2D eigenvalue weighted by Crippen LogP contribution is 2.35. The van der Waals surface area contributed by atoms with Crippen LogP contribution in [0.15, 0.2) is 36.4 Å². The topological polar surface area (TPSA) is 63.6 Å². The van der Waals surface area contributed by atoms with Crippen molar-refractivity contribution in [3.05, 3.63) is 36.4 Å². The van der Waals surface area contributed by atoms with Crippen molar-refractivity contribution in [3.8, 4) is 11.5 Å². The highest BCUT2D eigenvalue weighted by molar-refractivity contribution is 7.97. The van der Waals surface area contributed by atoms with Crippen molar-refractivity contribution in [2.24, 2.45) is 0 Å². The second-order valence-corrected chi connectivity index (χ2v) is 6.37. The van der Waals surface area contributed by atoms with Gasteiger partial charge in [0.25, 0.3) is 0 Å². The van der Waals surface area contributed by atoms with E-state index in [0.29, 0.717) is 0 Å². The molecule has 0 spiro atoms. The van der Waals surface area contributed by atoms with Crippen molar-refractivity contribution in [2.45, 2.75) is 5.51 Å². The third-order valence-corrected chi connectivity index (χ3v) is 3.31. The molecule has 0 heterocycles. The van der Waals surface area contributed by atoms with Crippen LogP contribution in [0.5, 0.6) is 11.5 Å². The minimum absolute atomic E-state index is 0.0651. The monoisotopic (exact) mass is 354 g/mol. The van der Waals surface area contributed by atoms with Crippen LogP contribution in [0.3, 0.4) is 0 Å². The fourth-order valence-corrected chi connectivity index (χ4v) is 1.97. The van der Waals surface area contributed by atoms with Gasteiger partial charge in [0.15, 0.2) is 5.75 Å². The van der Waals surface area contributed by atoms with Gasteiger partial charge in [-0.3, -0.25) is 0 Å². The normalized spacial score (nSPS) is 11.7. The lowest BCUT2D eigenvalue weighted by Gasteiger charge is -2.11. The van der Waals surface area contributed by atoms with Gasteiger partial charge in [0.1, 0.15) is 5.75 Å². The van der Waals surface area contributed by atoms with Gasteiger partial charge in [-0.1, -0.05) is 24.3 Å². The first-order valence-corrected chi connectivity index (χ1v) is 8.79. The maximum atomic E-state index is 12.2. The molecule has 0 fully saturated rings. The minimum atomic E-state index is -5.74. The molecule has 0 amide bonds. The van der Waals surface area contributed by atoms with E-state index in [1.54, 1.807) is 17.8 Å². The third kappa shape index (κ3) is 4.20. The number of hydrogen-bond donors (Lipinski definition) is 1. The number of fused-ring (bicyclic) bond motifs is 1. The maximum absolute atomic E-state index is 12.2. The molecular formula is C13H13F3O4S2. The van der Waals surface area contributed by atoms with Crippen molar-refractivity contribution in [1.29, 1.82) is 0 Å². The zero-order valence-electron chi connectivity index (χ0n) is 11.6. The summed E-state index contributed by atoms with van der Waals surface area (Å²) in [5, 5.41) is 9.78. The average Bonchev–Trinajstić information content (AvgIpc) is 2.42. The number of phenols is 1. The van der Waals surface area contributed by atoms with Gasteiger partial charge in [0.05, 0.1) is 0 Å². The Kier molecular flexibility index (Phi) is 5.95. The molecule has 0 unspecified atom stereocenters. The predicted octanol–water partition coefficient (Wildman–Crippen LogP) is 3.75. The van der Waals surface area contributed by atoms with Crippen LogP contribution in [-0.4, -0.2) is 31.5 Å². The second kappa shape index (κ2) is 7.10. The number of aromatic hydroxyl groups is 1. The van der Waals surface area contributed by atoms with Crippen LogP contribution in [0.2, 0.25) is 0 Å². The molecule has 9 heteroatoms. The number of alkyl halides is 3. The van der Waals surface area contributed by atoms with E-state index in [1.165, 1.54) is 18.2 Å². The molecule has 0 bridgehead atoms. The molecule has 2 aromatic carbocycles. The Balaban J connectivity index is 0.000000745. The van der Waals surface area contributed by atoms with Crippen LogP contribution >= 0.6 is 11.8 Å². The lowest BCUT2D eigenvalue weighted by Crippen LogP contribution is -2.28. The Hall–Kier alpha value is -1.61. The quantitative estimate of drug-likeness (QED) is 0.657. The molecular weight excluding hydrogens is 341 g/mol. The third-order valence-electron chi connectivity index (χ3n) is 2.34. The van der Waals surface area contributed by atoms with Gasteiger partial charge < -0.3 is 9.29 Å². The number of hydrogen-bond acceptors (Lipinski definition) is 5. The summed E-state index contributed by atoms with van der Waals surface area (Å²) in [6, 6.07) is 7.82. The van der Waals surface area contributed by atoms with E-state index in [-0.39, 0.29) is 16.5 Å². The van der Waals surface area contributed by atoms with Crippen LogP contribution in [0.1, 0.15) is 0 Å². The highest BCUT2D eigenvalue weighted by atomic mass is 32.2. The largest absolute Gasteiger partial charge is 0.534 e. The van der Waals surface area contributed by atoms with Crippen molar-refractivity contribution in [3.63, 3.8) is 0 Å². The molecule has 2 aromatic rings. The van der Waals surface area contributed by atoms with Crippen molar-refractivity contribution in [1.82, 2.24) is 0 Å². The molecule has 0 saturated carbocycles. The molecule has 4 nitrogen and oxygen atoms in total. The van der Waals surface area contributed by atoms with Gasteiger partial charge in [-0.15, -0.1) is 0 Å². The summed E-state index contributed by atoms with van der Waals surface area (Å²) in [5.41, 5.74) is -5.51. The average molecular weight is 354 g/mol. The van der Waals surface area contributed by atoms with Gasteiger partial charge in [-0.25, -0.2) is 0 Å². The first-order chi connectivity index (χ1) is 10.1. The minimum Gasteiger partial charge on any atom is -0.507 e. The summed E-state index contributed by atoms with van der Waals surface area (Å²) in [5.74, 6) is -0.682. The van der Waals surface area contributed by atoms with Crippen LogP contribution in [0.4, 0.5) is 13.2 Å². The Morgan fingerprint density at radius 3 is 2.05 bits per heavy atom. The molecule has 0 aliphatic carbocycles. The van der Waals surface area contributed by atoms with Crippen LogP contribution in [-0.2, 0) is 10.1 Å². The van der Waals surface area contributed by atoms with E-state index < -0.39 is 21.4 Å². The van der Waals surface area contributed by atoms with Crippen LogP contribution < -0.4 is 4.18 Å². The molecule has 0 atom stereocenters. The molecule has 122 valence electrons. The van der Waals surface area contributed by atoms with E-state index in [2.05, 4.69) is 4.18 Å². The SMILES string of the molecule is CSC.O=S(=O)(Oc1ccc(O)c2ccccc12)C(F)(F)F. The van der Waals surface area contributed by atoms with E-state index in [0.717, 1.165) is 12.1 Å². The van der Waals surface area contributed by atoms with E-state index in [9.17, 15) is 26.7 Å². The van der Waals surface area contributed by atoms with E-state index in [1.807, 2.05) is 12.5 Å². The summed E-state index contributed by atoms with van der Waals surface area (Å²) in [6.07, 6.45) is 4.08. The van der Waals surface area contributed by atoms with Crippen molar-refractivity contribution >= 4 is 32.7 Å². The standard InChI is InChI=1S/C11H7F3O4S.C2H6S/c12-11(13,14)19(16,17)18-10-6-5-9(15)7-3-1-2-4-8(7)10;1-3-2/h1-6,15H;1-2H3.